The zero-order valence-electron chi connectivity index (χ0n) is 29.4. The molecule has 1 unspecified atom stereocenters. The van der Waals surface area contributed by atoms with Crippen LogP contribution in [0.5, 0.6) is 11.5 Å². The minimum atomic E-state index is -0.818. The maximum absolute atomic E-state index is 13.3. The van der Waals surface area contributed by atoms with Crippen LogP contribution in [0.2, 0.25) is 0 Å². The molecule has 11 nitrogen and oxygen atoms in total. The fourth-order valence-corrected chi connectivity index (χ4v) is 5.40. The van der Waals surface area contributed by atoms with Crippen molar-refractivity contribution in [1.29, 1.82) is 0 Å². The van der Waals surface area contributed by atoms with Gasteiger partial charge in [0.05, 0.1) is 32.1 Å². The Morgan fingerprint density at radius 1 is 1.04 bits per heavy atom. The molecule has 264 valence electrons. The summed E-state index contributed by atoms with van der Waals surface area (Å²) in [6, 6.07) is 5.53. The quantitative estimate of drug-likeness (QED) is 0.140. The molecule has 1 amide bonds. The molecule has 0 aliphatic heterocycles. The summed E-state index contributed by atoms with van der Waals surface area (Å²) < 4.78 is 18.3. The van der Waals surface area contributed by atoms with Gasteiger partial charge in [-0.1, -0.05) is 52.8 Å². The van der Waals surface area contributed by atoms with E-state index in [4.69, 9.17) is 19.9 Å². The third-order valence-corrected chi connectivity index (χ3v) is 8.44. The second-order valence-corrected chi connectivity index (χ2v) is 13.8. The van der Waals surface area contributed by atoms with E-state index in [-0.39, 0.29) is 41.5 Å². The summed E-state index contributed by atoms with van der Waals surface area (Å²) in [5.41, 5.74) is 7.93. The first kappa shape index (κ1) is 41.6. The van der Waals surface area contributed by atoms with E-state index in [0.29, 0.717) is 62.3 Å². The average Bonchev–Trinajstić information content (AvgIpc) is 3.44. The first-order chi connectivity index (χ1) is 21.2. The van der Waals surface area contributed by atoms with Gasteiger partial charge in [-0.2, -0.15) is 0 Å². The molecule has 0 radical (unpaired) electrons. The summed E-state index contributed by atoms with van der Waals surface area (Å²) in [4.78, 5) is 13.3. The van der Waals surface area contributed by atoms with Gasteiger partial charge in [-0.3, -0.25) is 9.48 Å². The lowest BCUT2D eigenvalue weighted by Crippen LogP contribution is -2.44. The van der Waals surface area contributed by atoms with E-state index in [1.807, 2.05) is 45.9 Å². The van der Waals surface area contributed by atoms with E-state index < -0.39 is 18.2 Å². The molecule has 0 aliphatic rings. The van der Waals surface area contributed by atoms with Crippen molar-refractivity contribution in [2.24, 2.45) is 34.8 Å². The summed E-state index contributed by atoms with van der Waals surface area (Å²) in [6.07, 6.45) is 2.70. The van der Waals surface area contributed by atoms with Gasteiger partial charge >= 0.3 is 0 Å². The second kappa shape index (κ2) is 20.0. The number of nitrogens with one attached hydrogen (secondary N) is 1. The Morgan fingerprint density at radius 3 is 2.30 bits per heavy atom. The molecule has 5 atom stereocenters. The molecule has 46 heavy (non-hydrogen) atoms. The van der Waals surface area contributed by atoms with Crippen molar-refractivity contribution in [3.8, 4) is 11.5 Å². The van der Waals surface area contributed by atoms with Crippen LogP contribution in [0.15, 0.2) is 24.4 Å². The van der Waals surface area contributed by atoms with Crippen molar-refractivity contribution < 1.29 is 29.2 Å². The number of nitrogens with two attached hydrogens (primary N) is 1. The van der Waals surface area contributed by atoms with Gasteiger partial charge < -0.3 is 35.5 Å². The zero-order valence-corrected chi connectivity index (χ0v) is 30.2. The van der Waals surface area contributed by atoms with Gasteiger partial charge in [-0.25, -0.2) is 0 Å². The molecule has 12 heteroatoms. The Hall–Kier alpha value is -2.44. The number of rotatable bonds is 21. The Bertz CT molecular complexity index is 1160. The van der Waals surface area contributed by atoms with E-state index in [2.05, 4.69) is 29.5 Å². The maximum Gasteiger partial charge on any atom is 0.223 e. The van der Waals surface area contributed by atoms with Crippen molar-refractivity contribution in [2.45, 2.75) is 98.9 Å². The number of carbonyl (C=O) groups excluding carboxylic acids is 1. The van der Waals surface area contributed by atoms with Crippen LogP contribution in [0.1, 0.15) is 85.1 Å². The summed E-state index contributed by atoms with van der Waals surface area (Å²) in [5.74, 6) is 1.51. The molecule has 1 heterocycles. The van der Waals surface area contributed by atoms with Crippen LogP contribution >= 0.6 is 12.4 Å². The first-order valence-electron chi connectivity index (χ1n) is 16.3. The van der Waals surface area contributed by atoms with Crippen molar-refractivity contribution in [2.75, 3.05) is 34.0 Å². The summed E-state index contributed by atoms with van der Waals surface area (Å²) in [6.45, 7) is 16.2. The van der Waals surface area contributed by atoms with E-state index in [9.17, 15) is 15.0 Å². The molecule has 2 aromatic rings. The molecule has 0 bridgehead atoms. The van der Waals surface area contributed by atoms with Crippen molar-refractivity contribution in [1.82, 2.24) is 20.3 Å². The second-order valence-electron chi connectivity index (χ2n) is 13.8. The SMILES string of the molecule is COCCCOc1cc(C[C@@H](C[C@H](N)[C@@H](O)C[C@H](C(=O)NCC(C)(C)Cn2cc(C(C)O)nn2)C(C)C)C(C)C)ccc1OC.Cl. The number of aliphatic hydroxyl groups excluding tert-OH is 2. The minimum Gasteiger partial charge on any atom is -0.493 e. The highest BCUT2D eigenvalue weighted by Gasteiger charge is 2.31. The number of nitrogens with zero attached hydrogens (tertiary/aromatic N) is 3. The Labute approximate surface area is 282 Å². The average molecular weight is 670 g/mol. The largest absolute Gasteiger partial charge is 0.493 e. The highest BCUT2D eigenvalue weighted by Crippen LogP contribution is 2.32. The van der Waals surface area contributed by atoms with Crippen molar-refractivity contribution in [3.05, 3.63) is 35.7 Å². The van der Waals surface area contributed by atoms with E-state index >= 15 is 0 Å². The lowest BCUT2D eigenvalue weighted by Gasteiger charge is -2.31. The van der Waals surface area contributed by atoms with Gasteiger partial charge in [0.1, 0.15) is 5.69 Å². The fraction of sp³-hybridized carbons (Fsp3) is 0.735. The summed E-state index contributed by atoms with van der Waals surface area (Å²) in [7, 11) is 3.31. The lowest BCUT2D eigenvalue weighted by atomic mass is 9.80. The smallest absolute Gasteiger partial charge is 0.223 e. The molecule has 2 rings (SSSR count). The molecule has 1 aromatic carbocycles. The molecule has 1 aromatic heterocycles. The third kappa shape index (κ3) is 13.7. The highest BCUT2D eigenvalue weighted by atomic mass is 35.5. The first-order valence-corrected chi connectivity index (χ1v) is 16.3. The monoisotopic (exact) mass is 669 g/mol. The molecule has 0 saturated heterocycles. The van der Waals surface area contributed by atoms with E-state index in [0.717, 1.165) is 18.4 Å². The Balaban J connectivity index is 0.0000106. The molecule has 0 spiro atoms. The number of ether oxygens (including phenoxy) is 3. The van der Waals surface area contributed by atoms with Crippen LogP contribution < -0.4 is 20.5 Å². The van der Waals surface area contributed by atoms with Crippen LogP contribution in [-0.4, -0.2) is 77.2 Å². The third-order valence-electron chi connectivity index (χ3n) is 8.44. The standard InChI is InChI=1S/C34H59N5O6.ClH/c1-22(2)26(15-25-11-12-31(44-9)32(16-25)45-14-10-13-43-8)17-28(35)30(41)18-27(23(3)4)33(42)36-20-34(6,7)21-39-19-29(24(5)40)37-38-39;/h11-12,16,19,22-24,26-28,30,40-41H,10,13-15,17-18,20-21,35H2,1-9H3,(H,36,42);1H/t24?,26-,27-,28-,30-;/m0./s1. The van der Waals surface area contributed by atoms with Crippen LogP contribution in [0, 0.1) is 29.1 Å². The number of amides is 1. The Morgan fingerprint density at radius 2 is 1.74 bits per heavy atom. The molecule has 0 aliphatic carbocycles. The van der Waals surface area contributed by atoms with Crippen molar-refractivity contribution in [3.63, 3.8) is 0 Å². The van der Waals surface area contributed by atoms with Crippen LogP contribution in [0.25, 0.3) is 0 Å². The van der Waals surface area contributed by atoms with Crippen LogP contribution in [0.4, 0.5) is 0 Å². The number of benzene rings is 1. The lowest BCUT2D eigenvalue weighted by molar-refractivity contribution is -0.128. The number of hydrogen-bond donors (Lipinski definition) is 4. The summed E-state index contributed by atoms with van der Waals surface area (Å²) in [5, 5.41) is 32.1. The van der Waals surface area contributed by atoms with Crippen molar-refractivity contribution >= 4 is 18.3 Å². The van der Waals surface area contributed by atoms with E-state index in [1.54, 1.807) is 32.0 Å². The van der Waals surface area contributed by atoms with Gasteiger partial charge in [0, 0.05) is 50.6 Å². The Kier molecular flexibility index (Phi) is 18.1. The topological polar surface area (TPSA) is 154 Å². The van der Waals surface area contributed by atoms with Gasteiger partial charge in [0.15, 0.2) is 11.5 Å². The normalized spacial score (nSPS) is 15.2. The number of methoxy groups -OCH3 is 2. The number of aliphatic hydroxyl groups is 2. The van der Waals surface area contributed by atoms with Gasteiger partial charge in [-0.05, 0) is 61.6 Å². The van der Waals surface area contributed by atoms with Gasteiger partial charge in [0.2, 0.25) is 5.91 Å². The number of aromatic nitrogens is 3. The summed E-state index contributed by atoms with van der Waals surface area (Å²) >= 11 is 0. The predicted molar refractivity (Wildman–Crippen MR) is 183 cm³/mol. The molecule has 5 N–H and O–H groups in total. The number of halogens is 1. The fourth-order valence-electron chi connectivity index (χ4n) is 5.40. The van der Waals surface area contributed by atoms with Crippen LogP contribution in [-0.2, 0) is 22.5 Å². The highest BCUT2D eigenvalue weighted by molar-refractivity contribution is 5.85. The predicted octanol–water partition coefficient (Wildman–Crippen LogP) is 4.58. The molecular formula is C34H60ClN5O6. The van der Waals surface area contributed by atoms with Crippen LogP contribution in [0.3, 0.4) is 0 Å². The molecular weight excluding hydrogens is 610 g/mol. The van der Waals surface area contributed by atoms with Gasteiger partial charge in [-0.15, -0.1) is 17.5 Å². The molecule has 0 fully saturated rings. The number of hydrogen-bond acceptors (Lipinski definition) is 9. The van der Waals surface area contributed by atoms with E-state index in [1.165, 1.54) is 0 Å². The minimum absolute atomic E-state index is 0. The van der Waals surface area contributed by atoms with Gasteiger partial charge in [0.25, 0.3) is 0 Å². The maximum atomic E-state index is 13.3. The number of carbonyl (C=O) groups is 1. The molecule has 0 saturated carbocycles. The zero-order chi connectivity index (χ0) is 33.7.